The number of hydrogen-bond donors (Lipinski definition) is 3. The molecular weight excluding hydrogens is 396 g/mol. The zero-order valence-electron chi connectivity index (χ0n) is 16.9. The number of carboxylic acids is 1. The molecule has 1 saturated carbocycles. The van der Waals surface area contributed by atoms with Crippen LogP contribution in [-0.4, -0.2) is 42.3 Å². The highest BCUT2D eigenvalue weighted by molar-refractivity contribution is 5.82. The van der Waals surface area contributed by atoms with Crippen molar-refractivity contribution in [3.05, 3.63) is 71.8 Å². The van der Waals surface area contributed by atoms with Crippen molar-refractivity contribution in [1.29, 1.82) is 0 Å². The summed E-state index contributed by atoms with van der Waals surface area (Å²) in [6, 6.07) is 16.2. The zero-order chi connectivity index (χ0) is 21.8. The molecule has 0 aliphatic heterocycles. The molecule has 0 bridgehead atoms. The number of nitrogens with one attached hydrogen (secondary N) is 2. The first-order chi connectivity index (χ1) is 15.0. The van der Waals surface area contributed by atoms with Crippen molar-refractivity contribution in [3.63, 3.8) is 0 Å². The van der Waals surface area contributed by atoms with E-state index in [1.807, 2.05) is 24.3 Å². The van der Waals surface area contributed by atoms with Crippen LogP contribution in [0.15, 0.2) is 60.7 Å². The molecule has 0 unspecified atom stereocenters. The van der Waals surface area contributed by atoms with Gasteiger partial charge in [0.25, 0.3) is 0 Å². The lowest BCUT2D eigenvalue weighted by molar-refractivity contribution is -0.131. The Morgan fingerprint density at radius 2 is 1.61 bits per heavy atom. The first-order valence-electron chi connectivity index (χ1n) is 10.3. The van der Waals surface area contributed by atoms with Gasteiger partial charge in [0, 0.05) is 30.5 Å². The fourth-order valence-electron chi connectivity index (χ4n) is 4.22. The fraction of sp³-hybridized carbons (Fsp3) is 0.292. The summed E-state index contributed by atoms with van der Waals surface area (Å²) in [5.41, 5.74) is 4.68. The van der Waals surface area contributed by atoms with Crippen molar-refractivity contribution in [2.75, 3.05) is 13.2 Å². The van der Waals surface area contributed by atoms with E-state index < -0.39 is 12.1 Å². The second-order valence-electron chi connectivity index (χ2n) is 7.82. The van der Waals surface area contributed by atoms with Crippen LogP contribution in [-0.2, 0) is 14.3 Å². The number of carboxylic acid groups (broad SMARTS) is 1. The lowest BCUT2D eigenvalue weighted by Gasteiger charge is -2.34. The van der Waals surface area contributed by atoms with E-state index in [0.29, 0.717) is 12.8 Å². The number of carbonyl (C=O) groups is 3. The van der Waals surface area contributed by atoms with Crippen LogP contribution in [0.2, 0.25) is 0 Å². The molecule has 2 aliphatic carbocycles. The van der Waals surface area contributed by atoms with Crippen molar-refractivity contribution >= 4 is 18.0 Å². The summed E-state index contributed by atoms with van der Waals surface area (Å²) in [4.78, 5) is 34.7. The van der Waals surface area contributed by atoms with Gasteiger partial charge in [-0.25, -0.2) is 9.59 Å². The van der Waals surface area contributed by atoms with E-state index in [-0.39, 0.29) is 36.9 Å². The van der Waals surface area contributed by atoms with E-state index in [0.717, 1.165) is 17.2 Å². The molecule has 0 spiro atoms. The third-order valence-corrected chi connectivity index (χ3v) is 5.83. The number of ether oxygens (including phenoxy) is 1. The molecule has 2 aromatic carbocycles. The van der Waals surface area contributed by atoms with Crippen LogP contribution >= 0.6 is 0 Å². The van der Waals surface area contributed by atoms with Gasteiger partial charge < -0.3 is 20.5 Å². The monoisotopic (exact) mass is 420 g/mol. The molecule has 7 heteroatoms. The van der Waals surface area contributed by atoms with Crippen LogP contribution in [0.1, 0.15) is 29.9 Å². The maximum absolute atomic E-state index is 12.3. The van der Waals surface area contributed by atoms with Crippen LogP contribution in [0.25, 0.3) is 11.1 Å². The van der Waals surface area contributed by atoms with Crippen LogP contribution < -0.4 is 10.6 Å². The third kappa shape index (κ3) is 4.60. The van der Waals surface area contributed by atoms with Crippen LogP contribution in [0.5, 0.6) is 0 Å². The van der Waals surface area contributed by atoms with E-state index >= 15 is 0 Å². The molecule has 4 rings (SSSR count). The molecule has 0 aromatic heterocycles. The first kappa shape index (κ1) is 20.7. The van der Waals surface area contributed by atoms with Gasteiger partial charge in [0.15, 0.2) is 0 Å². The van der Waals surface area contributed by atoms with Gasteiger partial charge in [0.1, 0.15) is 6.61 Å². The highest BCUT2D eigenvalue weighted by atomic mass is 16.5. The Morgan fingerprint density at radius 1 is 1.00 bits per heavy atom. The average Bonchev–Trinajstić information content (AvgIpc) is 3.05. The Hall–Kier alpha value is -3.61. The van der Waals surface area contributed by atoms with E-state index in [1.54, 1.807) is 0 Å². The molecule has 3 N–H and O–H groups in total. The quantitative estimate of drug-likeness (QED) is 0.597. The number of alkyl carbamates (subject to hydrolysis) is 1. The largest absolute Gasteiger partial charge is 0.478 e. The SMILES string of the molecule is O=C(O)/C=C/CNC(=O)C1CC(NC(=O)OCC2c3ccccc3-c3ccccc32)C1. The Morgan fingerprint density at radius 3 is 2.23 bits per heavy atom. The molecule has 0 radical (unpaired) electrons. The Labute approximate surface area is 180 Å². The van der Waals surface area contributed by atoms with E-state index in [2.05, 4.69) is 34.9 Å². The number of amides is 2. The Kier molecular flexibility index (Phi) is 6.02. The van der Waals surface area contributed by atoms with Crippen molar-refractivity contribution in [2.45, 2.75) is 24.8 Å². The zero-order valence-corrected chi connectivity index (χ0v) is 16.9. The van der Waals surface area contributed by atoms with Crippen LogP contribution in [0.4, 0.5) is 4.79 Å². The van der Waals surface area contributed by atoms with Gasteiger partial charge >= 0.3 is 12.1 Å². The molecular formula is C24H24N2O5. The van der Waals surface area contributed by atoms with E-state index in [9.17, 15) is 14.4 Å². The first-order valence-corrected chi connectivity index (χ1v) is 10.3. The molecule has 2 aromatic rings. The molecule has 160 valence electrons. The van der Waals surface area contributed by atoms with Gasteiger partial charge in [-0.05, 0) is 35.1 Å². The molecule has 1 fully saturated rings. The van der Waals surface area contributed by atoms with Crippen molar-refractivity contribution in [1.82, 2.24) is 10.6 Å². The summed E-state index contributed by atoms with van der Waals surface area (Å²) in [7, 11) is 0. The number of fused-ring (bicyclic) bond motifs is 3. The van der Waals surface area contributed by atoms with Gasteiger partial charge in [0.05, 0.1) is 0 Å². The number of carbonyl (C=O) groups excluding carboxylic acids is 2. The number of hydrogen-bond acceptors (Lipinski definition) is 4. The van der Waals surface area contributed by atoms with Gasteiger partial charge in [-0.2, -0.15) is 0 Å². The summed E-state index contributed by atoms with van der Waals surface area (Å²) < 4.78 is 5.53. The minimum absolute atomic E-state index is 0.0110. The topological polar surface area (TPSA) is 105 Å². The number of aliphatic carboxylic acids is 1. The van der Waals surface area contributed by atoms with Crippen molar-refractivity contribution < 1.29 is 24.2 Å². The predicted molar refractivity (Wildman–Crippen MR) is 115 cm³/mol. The summed E-state index contributed by atoms with van der Waals surface area (Å²) in [5, 5.41) is 14.0. The van der Waals surface area contributed by atoms with E-state index in [4.69, 9.17) is 9.84 Å². The van der Waals surface area contributed by atoms with Crippen LogP contribution in [0.3, 0.4) is 0 Å². The average molecular weight is 420 g/mol. The second kappa shape index (κ2) is 9.04. The van der Waals surface area contributed by atoms with Gasteiger partial charge in [-0.15, -0.1) is 0 Å². The minimum atomic E-state index is -1.05. The Balaban J connectivity index is 1.23. The van der Waals surface area contributed by atoms with Gasteiger partial charge in [-0.1, -0.05) is 54.6 Å². The molecule has 31 heavy (non-hydrogen) atoms. The van der Waals surface area contributed by atoms with E-state index in [1.165, 1.54) is 17.2 Å². The summed E-state index contributed by atoms with van der Waals surface area (Å²) in [6.45, 7) is 0.429. The molecule has 7 nitrogen and oxygen atoms in total. The van der Waals surface area contributed by atoms with Crippen molar-refractivity contribution in [2.24, 2.45) is 5.92 Å². The minimum Gasteiger partial charge on any atom is -0.478 e. The smallest absolute Gasteiger partial charge is 0.407 e. The molecule has 0 saturated heterocycles. The highest BCUT2D eigenvalue weighted by Crippen LogP contribution is 2.44. The molecule has 0 atom stereocenters. The lowest BCUT2D eigenvalue weighted by atomic mass is 9.79. The number of rotatable bonds is 7. The molecule has 2 amide bonds. The van der Waals surface area contributed by atoms with Gasteiger partial charge in [-0.3, -0.25) is 4.79 Å². The highest BCUT2D eigenvalue weighted by Gasteiger charge is 2.36. The van der Waals surface area contributed by atoms with Crippen molar-refractivity contribution in [3.8, 4) is 11.1 Å². The third-order valence-electron chi connectivity index (χ3n) is 5.83. The maximum atomic E-state index is 12.3. The summed E-state index contributed by atoms with van der Waals surface area (Å²) in [5.74, 6) is -1.36. The normalized spacial score (nSPS) is 19.2. The second-order valence-corrected chi connectivity index (χ2v) is 7.82. The molecule has 0 heterocycles. The Bertz CT molecular complexity index is 981. The standard InChI is InChI=1S/C24H24N2O5/c27-22(28)10-5-11-25-23(29)15-12-16(13-15)26-24(30)31-14-21-19-8-3-1-6-17(19)18-7-2-4-9-20(18)21/h1-10,15-16,21H,11-14H2,(H,25,29)(H,26,30)(H,27,28)/b10-5+. The molecule has 2 aliphatic rings. The summed E-state index contributed by atoms with van der Waals surface area (Å²) in [6.07, 6.45) is 2.97. The summed E-state index contributed by atoms with van der Waals surface area (Å²) >= 11 is 0. The fourth-order valence-corrected chi connectivity index (χ4v) is 4.22. The maximum Gasteiger partial charge on any atom is 0.407 e. The predicted octanol–water partition coefficient (Wildman–Crippen LogP) is 3.06. The van der Waals surface area contributed by atoms with Gasteiger partial charge in [0.2, 0.25) is 5.91 Å². The lowest BCUT2D eigenvalue weighted by Crippen LogP contribution is -2.49. The number of benzene rings is 2. The van der Waals surface area contributed by atoms with Crippen LogP contribution in [0, 0.1) is 5.92 Å².